The smallest absolute Gasteiger partial charge is 0.120 e. The lowest BCUT2D eigenvalue weighted by molar-refractivity contribution is 0.343. The van der Waals surface area contributed by atoms with Gasteiger partial charge in [0.2, 0.25) is 0 Å². The molecule has 1 aromatic rings. The molecule has 0 spiro atoms. The van der Waals surface area contributed by atoms with E-state index in [-0.39, 0.29) is 0 Å². The Morgan fingerprint density at radius 3 is 2.89 bits per heavy atom. The van der Waals surface area contributed by atoms with Crippen LogP contribution in [-0.4, -0.2) is 50.2 Å². The molecule has 0 atom stereocenters. The second-order valence-corrected chi connectivity index (χ2v) is 5.52. The third-order valence-electron chi connectivity index (χ3n) is 2.35. The Balaban J connectivity index is 2.25. The van der Waals surface area contributed by atoms with Crippen LogP contribution in [0.4, 0.5) is 0 Å². The molecule has 19 heavy (non-hydrogen) atoms. The fraction of sp³-hybridized carbons (Fsp3) is 0.467. The molecule has 1 rings (SSSR count). The lowest BCUT2D eigenvalue weighted by atomic mass is 10.2. The maximum atomic E-state index is 5.70. The maximum absolute atomic E-state index is 5.70. The topological polar surface area (TPSA) is 38.5 Å². The summed E-state index contributed by atoms with van der Waals surface area (Å²) in [5.41, 5.74) is 6.30. The van der Waals surface area contributed by atoms with Crippen molar-refractivity contribution in [2.45, 2.75) is 0 Å². The van der Waals surface area contributed by atoms with E-state index < -0.39 is 0 Å². The van der Waals surface area contributed by atoms with Gasteiger partial charge in [0.25, 0.3) is 0 Å². The predicted octanol–water partition coefficient (Wildman–Crippen LogP) is 1.67. The number of nitrogens with zero attached hydrogens (tertiary/aromatic N) is 1. The van der Waals surface area contributed by atoms with Crippen molar-refractivity contribution in [2.24, 2.45) is 5.73 Å². The molecule has 0 aliphatic rings. The Hall–Kier alpha value is -1.15. The first kappa shape index (κ1) is 15.9. The van der Waals surface area contributed by atoms with Gasteiger partial charge in [-0.25, -0.2) is 0 Å². The summed E-state index contributed by atoms with van der Waals surface area (Å²) in [5, 5.41) is 0. The molecule has 0 fully saturated rings. The van der Waals surface area contributed by atoms with Gasteiger partial charge in [-0.3, -0.25) is 0 Å². The van der Waals surface area contributed by atoms with Gasteiger partial charge in [-0.1, -0.05) is 17.9 Å². The zero-order chi connectivity index (χ0) is 13.9. The average Bonchev–Trinajstić information content (AvgIpc) is 2.40. The van der Waals surface area contributed by atoms with Crippen molar-refractivity contribution in [3.05, 3.63) is 29.8 Å². The van der Waals surface area contributed by atoms with Crippen LogP contribution in [0.15, 0.2) is 24.3 Å². The standard InChI is InChI=1S/C15H22N2OS/c1-17(2)9-11-19-12-10-18-15-7-3-5-14(13-15)6-4-8-16/h3,5,7,13H,8-12,16H2,1-2H3. The summed E-state index contributed by atoms with van der Waals surface area (Å²) in [6, 6.07) is 7.82. The second kappa shape index (κ2) is 9.74. The number of rotatable bonds is 7. The van der Waals surface area contributed by atoms with Crippen molar-refractivity contribution in [2.75, 3.05) is 45.3 Å². The fourth-order valence-corrected chi connectivity index (χ4v) is 2.28. The number of ether oxygens (including phenoxy) is 1. The highest BCUT2D eigenvalue weighted by Crippen LogP contribution is 2.13. The van der Waals surface area contributed by atoms with E-state index in [0.717, 1.165) is 36.0 Å². The molecule has 1 aromatic carbocycles. The van der Waals surface area contributed by atoms with Crippen molar-refractivity contribution >= 4 is 11.8 Å². The van der Waals surface area contributed by atoms with Crippen LogP contribution >= 0.6 is 11.8 Å². The molecule has 3 nitrogen and oxygen atoms in total. The van der Waals surface area contributed by atoms with E-state index >= 15 is 0 Å². The first-order valence-electron chi connectivity index (χ1n) is 6.36. The van der Waals surface area contributed by atoms with Crippen LogP contribution < -0.4 is 10.5 Å². The monoisotopic (exact) mass is 278 g/mol. The number of benzene rings is 1. The van der Waals surface area contributed by atoms with Crippen LogP contribution in [0.5, 0.6) is 5.75 Å². The molecule has 0 aliphatic heterocycles. The van der Waals surface area contributed by atoms with Crippen molar-refractivity contribution in [3.8, 4) is 17.6 Å². The molecule has 0 aliphatic carbocycles. The molecule has 0 saturated carbocycles. The lowest BCUT2D eigenvalue weighted by Gasteiger charge is -2.09. The number of nitrogens with two attached hydrogens (primary N) is 1. The molecule has 2 N–H and O–H groups in total. The largest absolute Gasteiger partial charge is 0.493 e. The fourth-order valence-electron chi connectivity index (χ4n) is 1.38. The van der Waals surface area contributed by atoms with Crippen LogP contribution in [0, 0.1) is 11.8 Å². The quantitative estimate of drug-likeness (QED) is 0.608. The maximum Gasteiger partial charge on any atom is 0.120 e. The van der Waals surface area contributed by atoms with Gasteiger partial charge in [0.15, 0.2) is 0 Å². The molecule has 0 unspecified atom stereocenters. The molecule has 0 saturated heterocycles. The first-order chi connectivity index (χ1) is 9.22. The minimum Gasteiger partial charge on any atom is -0.493 e. The summed E-state index contributed by atoms with van der Waals surface area (Å²) in [5.74, 6) is 8.86. The summed E-state index contributed by atoms with van der Waals surface area (Å²) in [7, 11) is 4.18. The Labute approximate surface area is 120 Å². The highest BCUT2D eigenvalue weighted by Gasteiger charge is 1.96. The van der Waals surface area contributed by atoms with Crippen molar-refractivity contribution < 1.29 is 4.74 Å². The Bertz CT molecular complexity index is 424. The summed E-state index contributed by atoms with van der Waals surface area (Å²) in [6.07, 6.45) is 0. The van der Waals surface area contributed by atoms with E-state index in [1.54, 1.807) is 0 Å². The van der Waals surface area contributed by atoms with Crippen molar-refractivity contribution in [3.63, 3.8) is 0 Å². The van der Waals surface area contributed by atoms with Gasteiger partial charge in [-0.2, -0.15) is 11.8 Å². The van der Waals surface area contributed by atoms with Crippen LogP contribution in [0.1, 0.15) is 5.56 Å². The van der Waals surface area contributed by atoms with E-state index in [4.69, 9.17) is 10.5 Å². The molecule has 0 aromatic heterocycles. The molecular formula is C15H22N2OS. The highest BCUT2D eigenvalue weighted by atomic mass is 32.2. The normalized spacial score (nSPS) is 10.1. The molecule has 4 heteroatoms. The molecular weight excluding hydrogens is 256 g/mol. The van der Waals surface area contributed by atoms with Crippen LogP contribution in [0.3, 0.4) is 0 Å². The number of hydrogen-bond acceptors (Lipinski definition) is 4. The summed E-state index contributed by atoms with van der Waals surface area (Å²) in [6.45, 7) is 2.22. The molecule has 0 radical (unpaired) electrons. The predicted molar refractivity (Wildman–Crippen MR) is 83.7 cm³/mol. The number of hydrogen-bond donors (Lipinski definition) is 1. The van der Waals surface area contributed by atoms with E-state index in [2.05, 4.69) is 30.8 Å². The molecule has 0 amide bonds. The summed E-state index contributed by atoms with van der Waals surface area (Å²) < 4.78 is 5.70. The van der Waals surface area contributed by atoms with Gasteiger partial charge in [0, 0.05) is 23.6 Å². The number of thioether (sulfide) groups is 1. The van der Waals surface area contributed by atoms with Crippen LogP contribution in [0.25, 0.3) is 0 Å². The van der Waals surface area contributed by atoms with Gasteiger partial charge < -0.3 is 15.4 Å². The van der Waals surface area contributed by atoms with Gasteiger partial charge >= 0.3 is 0 Å². The first-order valence-corrected chi connectivity index (χ1v) is 7.52. The minimum absolute atomic E-state index is 0.383. The SMILES string of the molecule is CN(C)CCSCCOc1cccc(C#CCN)c1. The zero-order valence-corrected chi connectivity index (χ0v) is 12.5. The van der Waals surface area contributed by atoms with Crippen LogP contribution in [-0.2, 0) is 0 Å². The van der Waals surface area contributed by atoms with Gasteiger partial charge in [-0.05, 0) is 32.3 Å². The lowest BCUT2D eigenvalue weighted by Crippen LogP contribution is -2.15. The average molecular weight is 278 g/mol. The van der Waals surface area contributed by atoms with E-state index in [1.807, 2.05) is 36.0 Å². The van der Waals surface area contributed by atoms with Crippen LogP contribution in [0.2, 0.25) is 0 Å². The van der Waals surface area contributed by atoms with E-state index in [1.165, 1.54) is 0 Å². The third-order valence-corrected chi connectivity index (χ3v) is 3.27. The van der Waals surface area contributed by atoms with Crippen molar-refractivity contribution in [1.29, 1.82) is 0 Å². The zero-order valence-electron chi connectivity index (χ0n) is 11.7. The van der Waals surface area contributed by atoms with Gasteiger partial charge in [0.05, 0.1) is 13.2 Å². The van der Waals surface area contributed by atoms with E-state index in [9.17, 15) is 0 Å². The minimum atomic E-state index is 0.383. The van der Waals surface area contributed by atoms with Gasteiger partial charge in [0.1, 0.15) is 5.75 Å². The molecule has 0 bridgehead atoms. The van der Waals surface area contributed by atoms with E-state index in [0.29, 0.717) is 6.54 Å². The summed E-state index contributed by atoms with van der Waals surface area (Å²) in [4.78, 5) is 2.19. The summed E-state index contributed by atoms with van der Waals surface area (Å²) >= 11 is 1.91. The van der Waals surface area contributed by atoms with Gasteiger partial charge in [-0.15, -0.1) is 0 Å². The third kappa shape index (κ3) is 7.78. The molecule has 0 heterocycles. The second-order valence-electron chi connectivity index (χ2n) is 4.30. The highest BCUT2D eigenvalue weighted by molar-refractivity contribution is 7.99. The Morgan fingerprint density at radius 1 is 1.32 bits per heavy atom. The molecule has 104 valence electrons. The Kier molecular flexibility index (Phi) is 8.15. The van der Waals surface area contributed by atoms with Crippen molar-refractivity contribution in [1.82, 2.24) is 4.90 Å². The Morgan fingerprint density at radius 2 is 2.16 bits per heavy atom.